The Bertz CT molecular complexity index is 466. The molecule has 0 spiro atoms. The molecule has 0 bridgehead atoms. The van der Waals surface area contributed by atoms with Crippen LogP contribution in [0.5, 0.6) is 0 Å². The Hall–Kier alpha value is -1.55. The Morgan fingerprint density at radius 2 is 2.33 bits per heavy atom. The van der Waals surface area contributed by atoms with Crippen LogP contribution < -0.4 is 4.90 Å². The van der Waals surface area contributed by atoms with Crippen molar-refractivity contribution < 1.29 is 14.6 Å². The fraction of sp³-hybridized carbons (Fsp3) is 0.500. The predicted octanol–water partition coefficient (Wildman–Crippen LogP) is 1.93. The average Bonchev–Trinajstić information content (AvgIpc) is 2.82. The molecular weight excluding hydrogens is 230 g/mol. The van der Waals surface area contributed by atoms with Gasteiger partial charge in [-0.3, -0.25) is 0 Å². The fourth-order valence-electron chi connectivity index (χ4n) is 2.91. The number of hydrogen-bond donors (Lipinski definition) is 1. The van der Waals surface area contributed by atoms with Crippen LogP contribution in [0.3, 0.4) is 0 Å². The quantitative estimate of drug-likeness (QED) is 0.867. The Morgan fingerprint density at radius 1 is 1.44 bits per heavy atom. The number of carboxylic acids is 1. The zero-order valence-corrected chi connectivity index (χ0v) is 10.3. The van der Waals surface area contributed by atoms with Crippen molar-refractivity contribution >= 4 is 11.7 Å². The minimum atomic E-state index is -0.850. The predicted molar refractivity (Wildman–Crippen MR) is 68.3 cm³/mol. The zero-order chi connectivity index (χ0) is 12.5. The Balaban J connectivity index is 1.85. The van der Waals surface area contributed by atoms with Crippen LogP contribution in [0.4, 0.5) is 5.69 Å². The van der Waals surface area contributed by atoms with Gasteiger partial charge in [-0.05, 0) is 43.0 Å². The maximum Gasteiger partial charge on any atom is 0.335 e. The van der Waals surface area contributed by atoms with E-state index in [4.69, 9.17) is 9.84 Å². The molecule has 2 aliphatic rings. The second kappa shape index (κ2) is 4.61. The van der Waals surface area contributed by atoms with Gasteiger partial charge in [-0.2, -0.15) is 0 Å². The lowest BCUT2D eigenvalue weighted by Gasteiger charge is -2.33. The standard InChI is InChI=1S/C14H17NO3/c16-14(17)11-3-4-13-10(8-11)5-6-15(13)12-2-1-7-18-9-12/h3-4,8,12H,1-2,5-7,9H2,(H,16,17). The minimum Gasteiger partial charge on any atom is -0.478 e. The second-order valence-electron chi connectivity index (χ2n) is 4.96. The number of rotatable bonds is 2. The van der Waals surface area contributed by atoms with Crippen molar-refractivity contribution in [2.24, 2.45) is 0 Å². The molecule has 0 aromatic heterocycles. The highest BCUT2D eigenvalue weighted by Gasteiger charge is 2.28. The summed E-state index contributed by atoms with van der Waals surface area (Å²) in [5.74, 6) is -0.850. The molecule has 3 rings (SSSR count). The molecule has 1 N–H and O–H groups in total. The van der Waals surface area contributed by atoms with E-state index in [2.05, 4.69) is 4.90 Å². The number of hydrogen-bond acceptors (Lipinski definition) is 3. The molecule has 2 heterocycles. The molecule has 2 aliphatic heterocycles. The number of aromatic carboxylic acids is 1. The number of benzene rings is 1. The summed E-state index contributed by atoms with van der Waals surface area (Å²) in [5.41, 5.74) is 2.73. The van der Waals surface area contributed by atoms with E-state index < -0.39 is 5.97 Å². The van der Waals surface area contributed by atoms with Crippen molar-refractivity contribution in [3.8, 4) is 0 Å². The summed E-state index contributed by atoms with van der Waals surface area (Å²) in [4.78, 5) is 13.3. The molecular formula is C14H17NO3. The first-order valence-corrected chi connectivity index (χ1v) is 6.46. The molecule has 18 heavy (non-hydrogen) atoms. The highest BCUT2D eigenvalue weighted by molar-refractivity contribution is 5.88. The number of fused-ring (bicyclic) bond motifs is 1. The molecule has 1 saturated heterocycles. The van der Waals surface area contributed by atoms with Gasteiger partial charge < -0.3 is 14.7 Å². The first-order chi connectivity index (χ1) is 8.75. The van der Waals surface area contributed by atoms with Gasteiger partial charge in [-0.1, -0.05) is 0 Å². The van der Waals surface area contributed by atoms with Gasteiger partial charge in [0, 0.05) is 18.8 Å². The Labute approximate surface area is 106 Å². The summed E-state index contributed by atoms with van der Waals surface area (Å²) in [5, 5.41) is 9.00. The van der Waals surface area contributed by atoms with E-state index in [0.29, 0.717) is 11.6 Å². The van der Waals surface area contributed by atoms with Crippen molar-refractivity contribution in [3.05, 3.63) is 29.3 Å². The van der Waals surface area contributed by atoms with Crippen LogP contribution in [0.2, 0.25) is 0 Å². The van der Waals surface area contributed by atoms with Crippen LogP contribution in [0, 0.1) is 0 Å². The second-order valence-corrected chi connectivity index (χ2v) is 4.96. The van der Waals surface area contributed by atoms with Crippen molar-refractivity contribution in [2.75, 3.05) is 24.7 Å². The van der Waals surface area contributed by atoms with Crippen molar-refractivity contribution in [1.82, 2.24) is 0 Å². The molecule has 4 heteroatoms. The molecule has 1 atom stereocenters. The maximum atomic E-state index is 11.0. The highest BCUT2D eigenvalue weighted by Crippen LogP contribution is 2.32. The number of ether oxygens (including phenoxy) is 1. The topological polar surface area (TPSA) is 49.8 Å². The van der Waals surface area contributed by atoms with Gasteiger partial charge >= 0.3 is 5.97 Å². The van der Waals surface area contributed by atoms with Crippen LogP contribution in [0.15, 0.2) is 18.2 Å². The van der Waals surface area contributed by atoms with Crippen molar-refractivity contribution in [2.45, 2.75) is 25.3 Å². The van der Waals surface area contributed by atoms with Gasteiger partial charge in [-0.15, -0.1) is 0 Å². The molecule has 0 amide bonds. The summed E-state index contributed by atoms with van der Waals surface area (Å²) in [6.45, 7) is 2.64. The van der Waals surface area contributed by atoms with Crippen molar-refractivity contribution in [1.29, 1.82) is 0 Å². The summed E-state index contributed by atoms with van der Waals surface area (Å²) in [6.07, 6.45) is 3.22. The van der Waals surface area contributed by atoms with Crippen LogP contribution in [0.1, 0.15) is 28.8 Å². The average molecular weight is 247 g/mol. The minimum absolute atomic E-state index is 0.385. The molecule has 1 fully saturated rings. The maximum absolute atomic E-state index is 11.0. The third-order valence-corrected chi connectivity index (χ3v) is 3.83. The van der Waals surface area contributed by atoms with Crippen LogP contribution >= 0.6 is 0 Å². The smallest absolute Gasteiger partial charge is 0.335 e. The van der Waals surface area contributed by atoms with E-state index in [1.165, 1.54) is 12.1 Å². The van der Waals surface area contributed by atoms with E-state index in [0.717, 1.165) is 38.2 Å². The van der Waals surface area contributed by atoms with E-state index in [1.54, 1.807) is 12.1 Å². The molecule has 1 aromatic rings. The Morgan fingerprint density at radius 3 is 3.06 bits per heavy atom. The summed E-state index contributed by atoms with van der Waals surface area (Å²) in [7, 11) is 0. The molecule has 4 nitrogen and oxygen atoms in total. The van der Waals surface area contributed by atoms with E-state index in [1.807, 2.05) is 6.07 Å². The van der Waals surface area contributed by atoms with E-state index in [-0.39, 0.29) is 0 Å². The third kappa shape index (κ3) is 1.97. The molecule has 1 aromatic carbocycles. The number of carbonyl (C=O) groups is 1. The third-order valence-electron chi connectivity index (χ3n) is 3.83. The molecule has 0 aliphatic carbocycles. The number of anilines is 1. The molecule has 96 valence electrons. The first-order valence-electron chi connectivity index (χ1n) is 6.46. The van der Waals surface area contributed by atoms with Gasteiger partial charge in [0.2, 0.25) is 0 Å². The van der Waals surface area contributed by atoms with Crippen LogP contribution in [0.25, 0.3) is 0 Å². The lowest BCUT2D eigenvalue weighted by molar-refractivity contribution is 0.0696. The number of carboxylic acid groups (broad SMARTS) is 1. The number of nitrogens with zero attached hydrogens (tertiary/aromatic N) is 1. The Kier molecular flexibility index (Phi) is 2.96. The summed E-state index contributed by atoms with van der Waals surface area (Å²) < 4.78 is 5.54. The SMILES string of the molecule is O=C(O)c1ccc2c(c1)CCN2C1CCCOC1. The summed E-state index contributed by atoms with van der Waals surface area (Å²) >= 11 is 0. The van der Waals surface area contributed by atoms with E-state index in [9.17, 15) is 4.79 Å². The van der Waals surface area contributed by atoms with Gasteiger partial charge in [0.15, 0.2) is 0 Å². The molecule has 1 unspecified atom stereocenters. The van der Waals surface area contributed by atoms with Gasteiger partial charge in [0.05, 0.1) is 18.2 Å². The summed E-state index contributed by atoms with van der Waals surface area (Å²) in [6, 6.07) is 5.90. The monoisotopic (exact) mass is 247 g/mol. The fourth-order valence-corrected chi connectivity index (χ4v) is 2.91. The highest BCUT2D eigenvalue weighted by atomic mass is 16.5. The van der Waals surface area contributed by atoms with Gasteiger partial charge in [0.1, 0.15) is 0 Å². The lowest BCUT2D eigenvalue weighted by atomic mass is 10.1. The van der Waals surface area contributed by atoms with Gasteiger partial charge in [0.25, 0.3) is 0 Å². The zero-order valence-electron chi connectivity index (χ0n) is 10.3. The first kappa shape index (κ1) is 11.5. The van der Waals surface area contributed by atoms with Crippen LogP contribution in [-0.2, 0) is 11.2 Å². The van der Waals surface area contributed by atoms with E-state index >= 15 is 0 Å². The molecule has 0 radical (unpaired) electrons. The largest absolute Gasteiger partial charge is 0.478 e. The van der Waals surface area contributed by atoms with Crippen molar-refractivity contribution in [3.63, 3.8) is 0 Å². The van der Waals surface area contributed by atoms with Gasteiger partial charge in [-0.25, -0.2) is 4.79 Å². The lowest BCUT2D eigenvalue weighted by Crippen LogP contribution is -2.40. The normalized spacial score (nSPS) is 22.9. The van der Waals surface area contributed by atoms with Crippen LogP contribution in [-0.4, -0.2) is 36.9 Å². The molecule has 0 saturated carbocycles.